The summed E-state index contributed by atoms with van der Waals surface area (Å²) >= 11 is 0. The zero-order valence-corrected chi connectivity index (χ0v) is 16.3. The second-order valence-electron chi connectivity index (χ2n) is 6.30. The van der Waals surface area contributed by atoms with E-state index in [1.165, 1.54) is 25.0 Å². The molecule has 0 saturated carbocycles. The third-order valence-electron chi connectivity index (χ3n) is 4.47. The Morgan fingerprint density at radius 1 is 1.22 bits per heavy atom. The van der Waals surface area contributed by atoms with E-state index in [9.17, 15) is 13.2 Å². The molecular formula is C18H22Cl2F3N3O. The van der Waals surface area contributed by atoms with Gasteiger partial charge in [-0.25, -0.2) is 4.98 Å². The van der Waals surface area contributed by atoms with Crippen LogP contribution in [0.2, 0.25) is 0 Å². The predicted octanol–water partition coefficient (Wildman–Crippen LogP) is 5.06. The number of aromatic nitrogens is 1. The molecule has 150 valence electrons. The normalized spacial score (nSPS) is 17.1. The SMILES string of the molecule is C[C@@H]1CCCN1Cc1cc(N)ncc1-c1ccc(OC(F)(F)F)cc1.Cl.Cl. The summed E-state index contributed by atoms with van der Waals surface area (Å²) < 4.78 is 40.8. The topological polar surface area (TPSA) is 51.4 Å². The van der Waals surface area contributed by atoms with E-state index in [-0.39, 0.29) is 30.6 Å². The van der Waals surface area contributed by atoms with Crippen LogP contribution in [0.5, 0.6) is 5.75 Å². The van der Waals surface area contributed by atoms with Crippen molar-refractivity contribution < 1.29 is 17.9 Å². The van der Waals surface area contributed by atoms with Gasteiger partial charge in [0.05, 0.1) is 0 Å². The molecule has 0 radical (unpaired) electrons. The summed E-state index contributed by atoms with van der Waals surface area (Å²) in [5.41, 5.74) is 8.50. The van der Waals surface area contributed by atoms with Crippen LogP contribution >= 0.6 is 24.8 Å². The van der Waals surface area contributed by atoms with Crippen molar-refractivity contribution in [2.45, 2.75) is 38.7 Å². The van der Waals surface area contributed by atoms with Crippen molar-refractivity contribution in [2.75, 3.05) is 12.3 Å². The zero-order chi connectivity index (χ0) is 18.0. The Morgan fingerprint density at radius 2 is 1.89 bits per heavy atom. The summed E-state index contributed by atoms with van der Waals surface area (Å²) in [7, 11) is 0. The van der Waals surface area contributed by atoms with Gasteiger partial charge in [0.15, 0.2) is 0 Å². The van der Waals surface area contributed by atoms with Crippen LogP contribution in [0, 0.1) is 0 Å². The Kier molecular flexibility index (Phi) is 8.20. The third kappa shape index (κ3) is 6.16. The summed E-state index contributed by atoms with van der Waals surface area (Å²) in [4.78, 5) is 6.51. The van der Waals surface area contributed by atoms with Gasteiger partial charge in [0, 0.05) is 24.3 Å². The fourth-order valence-corrected chi connectivity index (χ4v) is 3.19. The van der Waals surface area contributed by atoms with Crippen LogP contribution in [0.4, 0.5) is 19.0 Å². The molecule has 2 heterocycles. The molecule has 2 aromatic rings. The lowest BCUT2D eigenvalue weighted by atomic mass is 10.0. The number of nitrogens with two attached hydrogens (primary N) is 1. The third-order valence-corrected chi connectivity index (χ3v) is 4.47. The van der Waals surface area contributed by atoms with Gasteiger partial charge in [-0.15, -0.1) is 38.0 Å². The second kappa shape index (κ2) is 9.48. The van der Waals surface area contributed by atoms with E-state index in [1.807, 2.05) is 6.07 Å². The smallest absolute Gasteiger partial charge is 0.406 e. The van der Waals surface area contributed by atoms with Gasteiger partial charge in [0.25, 0.3) is 0 Å². The molecule has 0 spiro atoms. The first-order valence-corrected chi connectivity index (χ1v) is 8.16. The van der Waals surface area contributed by atoms with Crippen molar-refractivity contribution >= 4 is 30.6 Å². The Labute approximate surface area is 168 Å². The number of alkyl halides is 3. The molecule has 0 amide bonds. The summed E-state index contributed by atoms with van der Waals surface area (Å²) in [6, 6.07) is 8.16. The minimum absolute atomic E-state index is 0. The predicted molar refractivity (Wildman–Crippen MR) is 104 cm³/mol. The number of hydrogen-bond donors (Lipinski definition) is 1. The summed E-state index contributed by atoms with van der Waals surface area (Å²) in [6.45, 7) is 3.96. The number of nitrogens with zero attached hydrogens (tertiary/aromatic N) is 2. The molecule has 0 aliphatic carbocycles. The molecular weight excluding hydrogens is 402 g/mol. The molecule has 4 nitrogen and oxygen atoms in total. The van der Waals surface area contributed by atoms with Gasteiger partial charge in [-0.1, -0.05) is 12.1 Å². The van der Waals surface area contributed by atoms with Gasteiger partial charge in [-0.3, -0.25) is 4.90 Å². The summed E-state index contributed by atoms with van der Waals surface area (Å²) in [6.07, 6.45) is -0.688. The Morgan fingerprint density at radius 3 is 2.44 bits per heavy atom. The van der Waals surface area contributed by atoms with Crippen LogP contribution in [-0.4, -0.2) is 28.8 Å². The quantitative estimate of drug-likeness (QED) is 0.746. The van der Waals surface area contributed by atoms with Crippen molar-refractivity contribution in [1.82, 2.24) is 9.88 Å². The Hall–Kier alpha value is -1.70. The molecule has 1 saturated heterocycles. The molecule has 9 heteroatoms. The highest BCUT2D eigenvalue weighted by Crippen LogP contribution is 2.30. The van der Waals surface area contributed by atoms with Crippen LogP contribution in [-0.2, 0) is 6.54 Å². The first kappa shape index (κ1) is 23.3. The van der Waals surface area contributed by atoms with Crippen LogP contribution in [0.3, 0.4) is 0 Å². The van der Waals surface area contributed by atoms with E-state index >= 15 is 0 Å². The lowest BCUT2D eigenvalue weighted by Gasteiger charge is -2.22. The van der Waals surface area contributed by atoms with Gasteiger partial charge < -0.3 is 10.5 Å². The van der Waals surface area contributed by atoms with E-state index in [1.54, 1.807) is 18.3 Å². The molecule has 2 N–H and O–H groups in total. The number of likely N-dealkylation sites (tertiary alicyclic amines) is 1. The average Bonchev–Trinajstić information content (AvgIpc) is 2.92. The van der Waals surface area contributed by atoms with Crippen LogP contribution < -0.4 is 10.5 Å². The molecule has 0 bridgehead atoms. The number of anilines is 1. The first-order valence-electron chi connectivity index (χ1n) is 8.16. The van der Waals surface area contributed by atoms with Gasteiger partial charge in [0.1, 0.15) is 11.6 Å². The standard InChI is InChI=1S/C18H20F3N3O.2ClH/c1-12-3-2-8-24(12)11-14-9-17(22)23-10-16(14)13-4-6-15(7-5-13)25-18(19,20)21;;/h4-7,9-10,12H,2-3,8,11H2,1H3,(H2,22,23);2*1H/t12-;;/m1../s1. The molecule has 1 aliphatic heterocycles. The summed E-state index contributed by atoms with van der Waals surface area (Å²) in [5, 5.41) is 0. The molecule has 1 fully saturated rings. The maximum Gasteiger partial charge on any atom is 0.573 e. The largest absolute Gasteiger partial charge is 0.573 e. The number of halogens is 5. The van der Waals surface area contributed by atoms with Crippen molar-refractivity contribution in [3.05, 3.63) is 42.1 Å². The highest BCUT2D eigenvalue weighted by Gasteiger charge is 2.31. The molecule has 1 atom stereocenters. The number of benzene rings is 1. The van der Waals surface area contributed by atoms with E-state index in [0.29, 0.717) is 11.9 Å². The number of pyridine rings is 1. The molecule has 1 aromatic carbocycles. The monoisotopic (exact) mass is 423 g/mol. The average molecular weight is 424 g/mol. The number of ether oxygens (including phenoxy) is 1. The molecule has 1 aliphatic rings. The van der Waals surface area contributed by atoms with Crippen molar-refractivity contribution in [3.63, 3.8) is 0 Å². The summed E-state index contributed by atoms with van der Waals surface area (Å²) in [5.74, 6) is 0.192. The van der Waals surface area contributed by atoms with Gasteiger partial charge in [0.2, 0.25) is 0 Å². The highest BCUT2D eigenvalue weighted by molar-refractivity contribution is 5.85. The lowest BCUT2D eigenvalue weighted by molar-refractivity contribution is -0.274. The maximum atomic E-state index is 12.3. The maximum absolute atomic E-state index is 12.3. The number of nitrogen functional groups attached to an aromatic ring is 1. The molecule has 0 unspecified atom stereocenters. The molecule has 3 rings (SSSR count). The van der Waals surface area contributed by atoms with Gasteiger partial charge >= 0.3 is 6.36 Å². The second-order valence-corrected chi connectivity index (χ2v) is 6.30. The van der Waals surface area contributed by atoms with E-state index < -0.39 is 6.36 Å². The first-order chi connectivity index (χ1) is 11.8. The van der Waals surface area contributed by atoms with E-state index in [0.717, 1.165) is 29.8 Å². The van der Waals surface area contributed by atoms with Gasteiger partial charge in [-0.2, -0.15) is 0 Å². The Bertz CT molecular complexity index is 742. The minimum Gasteiger partial charge on any atom is -0.406 e. The fourth-order valence-electron chi connectivity index (χ4n) is 3.19. The van der Waals surface area contributed by atoms with E-state index in [4.69, 9.17) is 5.73 Å². The molecule has 1 aromatic heterocycles. The van der Waals surface area contributed by atoms with Crippen molar-refractivity contribution in [2.24, 2.45) is 0 Å². The van der Waals surface area contributed by atoms with Crippen LogP contribution in [0.25, 0.3) is 11.1 Å². The minimum atomic E-state index is -4.69. The van der Waals surface area contributed by atoms with Crippen LogP contribution in [0.15, 0.2) is 36.5 Å². The molecule has 27 heavy (non-hydrogen) atoms. The van der Waals surface area contributed by atoms with E-state index in [2.05, 4.69) is 21.5 Å². The Balaban J connectivity index is 0.00000182. The fraction of sp³-hybridized carbons (Fsp3) is 0.389. The van der Waals surface area contributed by atoms with Crippen molar-refractivity contribution in [1.29, 1.82) is 0 Å². The zero-order valence-electron chi connectivity index (χ0n) is 14.7. The van der Waals surface area contributed by atoms with Crippen molar-refractivity contribution in [3.8, 4) is 16.9 Å². The van der Waals surface area contributed by atoms with Gasteiger partial charge in [-0.05, 0) is 55.6 Å². The number of rotatable bonds is 4. The lowest BCUT2D eigenvalue weighted by Crippen LogP contribution is -2.26. The van der Waals surface area contributed by atoms with Crippen LogP contribution in [0.1, 0.15) is 25.3 Å². The number of hydrogen-bond acceptors (Lipinski definition) is 4. The highest BCUT2D eigenvalue weighted by atomic mass is 35.5.